The van der Waals surface area contributed by atoms with Crippen LogP contribution in [-0.4, -0.2) is 51.9 Å². The van der Waals surface area contributed by atoms with Crippen molar-refractivity contribution in [2.75, 3.05) is 27.9 Å². The van der Waals surface area contributed by atoms with Crippen LogP contribution in [0.4, 0.5) is 0 Å². The van der Waals surface area contributed by atoms with Crippen molar-refractivity contribution in [3.05, 3.63) is 82.9 Å². The number of hydrazone groups is 1. The lowest BCUT2D eigenvalue weighted by atomic mass is 10.1. The second-order valence-electron chi connectivity index (χ2n) is 7.72. The highest BCUT2D eigenvalue weighted by atomic mass is 16.5. The molecular formula is C27H27N3O7. The summed E-state index contributed by atoms with van der Waals surface area (Å²) in [5.74, 6) is -0.122. The molecule has 37 heavy (non-hydrogen) atoms. The molecule has 0 bridgehead atoms. The lowest BCUT2D eigenvalue weighted by Crippen LogP contribution is -2.34. The standard InChI is InChI=1S/C27H27N3O7/c1-17-6-5-7-19(12-17)27(33)37-21-10-8-18(9-11-21)15-29-30-24(31)16-28-26(32)20-13-22(34-2)25(36-4)23(14-20)35-3/h5-15H,16H2,1-4H3,(H,28,32)(H,30,31)/b29-15-. The predicted molar refractivity (Wildman–Crippen MR) is 137 cm³/mol. The number of amides is 2. The Morgan fingerprint density at radius 1 is 0.865 bits per heavy atom. The molecule has 0 aliphatic carbocycles. The van der Waals surface area contributed by atoms with Gasteiger partial charge in [0.25, 0.3) is 11.8 Å². The van der Waals surface area contributed by atoms with E-state index in [1.165, 1.54) is 39.7 Å². The Morgan fingerprint density at radius 2 is 1.54 bits per heavy atom. The molecule has 0 spiro atoms. The predicted octanol–water partition coefficient (Wildman–Crippen LogP) is 3.12. The summed E-state index contributed by atoms with van der Waals surface area (Å²) in [5.41, 5.74) is 4.66. The molecule has 2 N–H and O–H groups in total. The second kappa shape index (κ2) is 12.7. The monoisotopic (exact) mass is 505 g/mol. The molecule has 0 radical (unpaired) electrons. The Kier molecular flexibility index (Phi) is 9.20. The molecule has 10 heteroatoms. The van der Waals surface area contributed by atoms with E-state index >= 15 is 0 Å². The minimum absolute atomic E-state index is 0.231. The fourth-order valence-corrected chi connectivity index (χ4v) is 3.25. The number of carbonyl (C=O) groups is 3. The Morgan fingerprint density at radius 3 is 2.14 bits per heavy atom. The number of methoxy groups -OCH3 is 3. The first-order valence-corrected chi connectivity index (χ1v) is 11.1. The van der Waals surface area contributed by atoms with Gasteiger partial charge in [-0.15, -0.1) is 0 Å². The third kappa shape index (κ3) is 7.31. The summed E-state index contributed by atoms with van der Waals surface area (Å²) < 4.78 is 21.1. The number of nitrogens with one attached hydrogen (secondary N) is 2. The summed E-state index contributed by atoms with van der Waals surface area (Å²) >= 11 is 0. The lowest BCUT2D eigenvalue weighted by molar-refractivity contribution is -0.120. The Bertz CT molecular complexity index is 1280. The normalized spacial score (nSPS) is 10.5. The van der Waals surface area contributed by atoms with E-state index in [4.69, 9.17) is 18.9 Å². The van der Waals surface area contributed by atoms with Gasteiger partial charge in [0, 0.05) is 5.56 Å². The van der Waals surface area contributed by atoms with Crippen molar-refractivity contribution in [1.82, 2.24) is 10.7 Å². The molecule has 192 valence electrons. The molecule has 0 aliphatic rings. The average molecular weight is 506 g/mol. The van der Waals surface area contributed by atoms with Gasteiger partial charge in [0.15, 0.2) is 11.5 Å². The zero-order valence-electron chi connectivity index (χ0n) is 20.9. The van der Waals surface area contributed by atoms with Crippen molar-refractivity contribution >= 4 is 24.0 Å². The molecule has 0 heterocycles. The van der Waals surface area contributed by atoms with Gasteiger partial charge in [-0.05, 0) is 61.0 Å². The topological polar surface area (TPSA) is 125 Å². The molecule has 0 saturated heterocycles. The Hall–Kier alpha value is -4.86. The summed E-state index contributed by atoms with van der Waals surface area (Å²) in [6.45, 7) is 1.59. The first-order chi connectivity index (χ1) is 17.8. The fraction of sp³-hybridized carbons (Fsp3) is 0.185. The van der Waals surface area contributed by atoms with E-state index in [1.807, 2.05) is 13.0 Å². The number of esters is 1. The maximum Gasteiger partial charge on any atom is 0.343 e. The molecule has 3 rings (SSSR count). The van der Waals surface area contributed by atoms with Gasteiger partial charge < -0.3 is 24.3 Å². The molecule has 10 nitrogen and oxygen atoms in total. The molecule has 0 saturated carbocycles. The maximum absolute atomic E-state index is 12.5. The zero-order chi connectivity index (χ0) is 26.8. The number of hydrogen-bond acceptors (Lipinski definition) is 8. The van der Waals surface area contributed by atoms with Crippen molar-refractivity contribution in [2.24, 2.45) is 5.10 Å². The summed E-state index contributed by atoms with van der Waals surface area (Å²) in [6, 6.07) is 16.7. The van der Waals surface area contributed by atoms with Crippen LogP contribution >= 0.6 is 0 Å². The van der Waals surface area contributed by atoms with Gasteiger partial charge in [-0.2, -0.15) is 5.10 Å². The van der Waals surface area contributed by atoms with Gasteiger partial charge >= 0.3 is 5.97 Å². The third-order valence-corrected chi connectivity index (χ3v) is 5.08. The number of rotatable bonds is 10. The van der Waals surface area contributed by atoms with Crippen LogP contribution in [0.5, 0.6) is 23.0 Å². The molecule has 0 aromatic heterocycles. The number of benzene rings is 3. The van der Waals surface area contributed by atoms with E-state index < -0.39 is 17.8 Å². The fourth-order valence-electron chi connectivity index (χ4n) is 3.25. The van der Waals surface area contributed by atoms with Crippen LogP contribution in [0.2, 0.25) is 0 Å². The van der Waals surface area contributed by atoms with E-state index in [1.54, 1.807) is 42.5 Å². The number of hydrogen-bond donors (Lipinski definition) is 2. The third-order valence-electron chi connectivity index (χ3n) is 5.08. The summed E-state index contributed by atoms with van der Waals surface area (Å²) in [6.07, 6.45) is 1.42. The van der Waals surface area contributed by atoms with Crippen LogP contribution in [0.1, 0.15) is 31.8 Å². The molecule has 0 atom stereocenters. The lowest BCUT2D eigenvalue weighted by Gasteiger charge is -2.14. The van der Waals surface area contributed by atoms with E-state index in [-0.39, 0.29) is 12.1 Å². The molecule has 0 fully saturated rings. The van der Waals surface area contributed by atoms with Crippen LogP contribution < -0.4 is 29.7 Å². The number of aryl methyl sites for hydroxylation is 1. The van der Waals surface area contributed by atoms with Gasteiger partial charge in [-0.1, -0.05) is 17.7 Å². The first kappa shape index (κ1) is 26.7. The van der Waals surface area contributed by atoms with Crippen LogP contribution in [-0.2, 0) is 4.79 Å². The number of nitrogens with zero attached hydrogens (tertiary/aromatic N) is 1. The largest absolute Gasteiger partial charge is 0.493 e. The van der Waals surface area contributed by atoms with Gasteiger partial charge in [-0.25, -0.2) is 10.2 Å². The van der Waals surface area contributed by atoms with Crippen LogP contribution in [0, 0.1) is 6.92 Å². The Labute approximate surface area is 214 Å². The van der Waals surface area contributed by atoms with Crippen molar-refractivity contribution in [1.29, 1.82) is 0 Å². The summed E-state index contributed by atoms with van der Waals surface area (Å²) in [7, 11) is 4.34. The van der Waals surface area contributed by atoms with Crippen LogP contribution in [0.15, 0.2) is 65.8 Å². The van der Waals surface area contributed by atoms with Crippen molar-refractivity contribution in [3.8, 4) is 23.0 Å². The Balaban J connectivity index is 1.50. The zero-order valence-corrected chi connectivity index (χ0v) is 20.9. The summed E-state index contributed by atoms with van der Waals surface area (Å²) in [5, 5.41) is 6.38. The molecule has 3 aromatic rings. The highest BCUT2D eigenvalue weighted by Gasteiger charge is 2.17. The van der Waals surface area contributed by atoms with Gasteiger partial charge in [0.1, 0.15) is 5.75 Å². The SMILES string of the molecule is COc1cc(C(=O)NCC(=O)N/N=C\c2ccc(OC(=O)c3cccc(C)c3)cc2)cc(OC)c1OC. The van der Waals surface area contributed by atoms with Gasteiger partial charge in [0.05, 0.1) is 39.7 Å². The quantitative estimate of drug-likeness (QED) is 0.188. The highest BCUT2D eigenvalue weighted by molar-refractivity contribution is 5.97. The molecule has 3 aromatic carbocycles. The highest BCUT2D eigenvalue weighted by Crippen LogP contribution is 2.38. The molecule has 2 amide bonds. The van der Waals surface area contributed by atoms with Crippen molar-refractivity contribution in [3.63, 3.8) is 0 Å². The van der Waals surface area contributed by atoms with Crippen molar-refractivity contribution in [2.45, 2.75) is 6.92 Å². The average Bonchev–Trinajstić information content (AvgIpc) is 2.91. The molecule has 0 aliphatic heterocycles. The van der Waals surface area contributed by atoms with E-state index in [9.17, 15) is 14.4 Å². The first-order valence-electron chi connectivity index (χ1n) is 11.1. The minimum Gasteiger partial charge on any atom is -0.493 e. The van der Waals surface area contributed by atoms with Crippen LogP contribution in [0.3, 0.4) is 0 Å². The number of carbonyl (C=O) groups excluding carboxylic acids is 3. The van der Waals surface area contributed by atoms with E-state index in [2.05, 4.69) is 15.8 Å². The van der Waals surface area contributed by atoms with Gasteiger partial charge in [-0.3, -0.25) is 9.59 Å². The summed E-state index contributed by atoms with van der Waals surface area (Å²) in [4.78, 5) is 36.8. The van der Waals surface area contributed by atoms with Crippen molar-refractivity contribution < 1.29 is 33.3 Å². The number of ether oxygens (including phenoxy) is 4. The molecule has 0 unspecified atom stereocenters. The van der Waals surface area contributed by atoms with E-state index in [0.717, 1.165) is 5.56 Å². The second-order valence-corrected chi connectivity index (χ2v) is 7.72. The van der Waals surface area contributed by atoms with E-state index in [0.29, 0.717) is 34.1 Å². The molecular weight excluding hydrogens is 478 g/mol. The smallest absolute Gasteiger partial charge is 0.343 e. The maximum atomic E-state index is 12.5. The van der Waals surface area contributed by atoms with Gasteiger partial charge in [0.2, 0.25) is 5.75 Å². The van der Waals surface area contributed by atoms with Crippen LogP contribution in [0.25, 0.3) is 0 Å². The minimum atomic E-state index is -0.527.